The van der Waals surface area contributed by atoms with Crippen molar-refractivity contribution in [3.8, 4) is 0 Å². The topological polar surface area (TPSA) is 37.3 Å². The van der Waals surface area contributed by atoms with Crippen molar-refractivity contribution in [1.82, 2.24) is 0 Å². The number of carbonyl (C=O) groups excluding carboxylic acids is 1. The zero-order valence-electron chi connectivity index (χ0n) is 5.92. The van der Waals surface area contributed by atoms with Gasteiger partial charge >= 0.3 is 0 Å². The predicted octanol–water partition coefficient (Wildman–Crippen LogP) is 1.76. The van der Waals surface area contributed by atoms with Crippen LogP contribution in [0.4, 0.5) is 0 Å². The number of ketones is 1. The van der Waals surface area contributed by atoms with Gasteiger partial charge in [-0.15, -0.1) is 0 Å². The molecule has 0 aromatic heterocycles. The van der Waals surface area contributed by atoms with Gasteiger partial charge in [-0.1, -0.05) is 19.2 Å². The van der Waals surface area contributed by atoms with E-state index in [4.69, 9.17) is 5.11 Å². The fourth-order valence-corrected chi connectivity index (χ4v) is 0.535. The number of hydrogen-bond donors (Lipinski definition) is 1. The molecule has 0 radical (unpaired) electrons. The number of Topliss-reactive ketones (excluding diaryl/α,β-unsaturated/α-hetero) is 1. The Balaban J connectivity index is 4.58. The molecule has 0 spiro atoms. The summed E-state index contributed by atoms with van der Waals surface area (Å²) in [5.41, 5.74) is 0.204. The summed E-state index contributed by atoms with van der Waals surface area (Å²) in [5, 5.41) is 8.78. The van der Waals surface area contributed by atoms with Crippen molar-refractivity contribution in [3.63, 3.8) is 0 Å². The molecule has 0 atom stereocenters. The van der Waals surface area contributed by atoms with Gasteiger partial charge in [-0.3, -0.25) is 4.79 Å². The molecular formula is C8H10O2. The van der Waals surface area contributed by atoms with Crippen molar-refractivity contribution in [1.29, 1.82) is 0 Å². The Morgan fingerprint density at radius 1 is 1.60 bits per heavy atom. The molecule has 0 saturated heterocycles. The summed E-state index contributed by atoms with van der Waals surface area (Å²) < 4.78 is 0. The van der Waals surface area contributed by atoms with Crippen LogP contribution in [0.25, 0.3) is 0 Å². The van der Waals surface area contributed by atoms with Crippen molar-refractivity contribution in [3.05, 3.63) is 36.6 Å². The van der Waals surface area contributed by atoms with E-state index in [9.17, 15) is 4.79 Å². The van der Waals surface area contributed by atoms with Crippen LogP contribution in [0.1, 0.15) is 6.92 Å². The van der Waals surface area contributed by atoms with Crippen molar-refractivity contribution in [2.45, 2.75) is 6.92 Å². The fraction of sp³-hybridized carbons (Fsp3) is 0.125. The van der Waals surface area contributed by atoms with Crippen molar-refractivity contribution in [2.24, 2.45) is 0 Å². The van der Waals surface area contributed by atoms with Crippen LogP contribution in [0.5, 0.6) is 0 Å². The first-order chi connectivity index (χ1) is 4.59. The molecule has 0 heterocycles. The van der Waals surface area contributed by atoms with E-state index in [0.29, 0.717) is 0 Å². The van der Waals surface area contributed by atoms with Crippen LogP contribution in [-0.2, 0) is 4.79 Å². The fourth-order valence-electron chi connectivity index (χ4n) is 0.535. The van der Waals surface area contributed by atoms with Gasteiger partial charge in [0, 0.05) is 0 Å². The minimum Gasteiger partial charge on any atom is -0.508 e. The lowest BCUT2D eigenvalue weighted by molar-refractivity contribution is -0.113. The van der Waals surface area contributed by atoms with E-state index < -0.39 is 0 Å². The lowest BCUT2D eigenvalue weighted by Gasteiger charge is -1.96. The number of aliphatic hydroxyl groups is 1. The van der Waals surface area contributed by atoms with Gasteiger partial charge in [0.15, 0.2) is 5.78 Å². The SMILES string of the molecule is C=C/C=C(\C(=C)O)C(C)=O. The van der Waals surface area contributed by atoms with Gasteiger partial charge in [-0.2, -0.15) is 0 Å². The molecule has 0 unspecified atom stereocenters. The largest absolute Gasteiger partial charge is 0.508 e. The van der Waals surface area contributed by atoms with E-state index in [1.54, 1.807) is 0 Å². The highest BCUT2D eigenvalue weighted by atomic mass is 16.3. The van der Waals surface area contributed by atoms with Crippen LogP contribution in [0.15, 0.2) is 36.6 Å². The van der Waals surface area contributed by atoms with Gasteiger partial charge < -0.3 is 5.11 Å². The van der Waals surface area contributed by atoms with Crippen molar-refractivity contribution in [2.75, 3.05) is 0 Å². The summed E-state index contributed by atoms with van der Waals surface area (Å²) >= 11 is 0. The number of carbonyl (C=O) groups is 1. The molecule has 0 aliphatic rings. The van der Waals surface area contributed by atoms with Gasteiger partial charge in [-0.25, -0.2) is 0 Å². The van der Waals surface area contributed by atoms with Gasteiger partial charge in [0.2, 0.25) is 0 Å². The average Bonchev–Trinajstić information content (AvgIpc) is 1.81. The monoisotopic (exact) mass is 138 g/mol. The van der Waals surface area contributed by atoms with Gasteiger partial charge in [0.1, 0.15) is 5.76 Å². The number of hydrogen-bond acceptors (Lipinski definition) is 2. The summed E-state index contributed by atoms with van der Waals surface area (Å²) in [6, 6.07) is 0. The minimum absolute atomic E-state index is 0.204. The maximum atomic E-state index is 10.6. The van der Waals surface area contributed by atoms with E-state index in [2.05, 4.69) is 13.2 Å². The lowest BCUT2D eigenvalue weighted by atomic mass is 10.1. The molecule has 0 aliphatic carbocycles. The third-order valence-electron chi connectivity index (χ3n) is 0.975. The second-order valence-electron chi connectivity index (χ2n) is 1.82. The Morgan fingerprint density at radius 2 is 2.10 bits per heavy atom. The molecular weight excluding hydrogens is 128 g/mol. The first kappa shape index (κ1) is 8.69. The standard InChI is InChI=1S/C8H10O2/c1-4-5-8(6(2)9)7(3)10/h4-5,9H,1-2H2,3H3/b8-5+. The molecule has 2 heteroatoms. The quantitative estimate of drug-likeness (QED) is 0.366. The van der Waals surface area contributed by atoms with E-state index in [-0.39, 0.29) is 17.1 Å². The van der Waals surface area contributed by atoms with E-state index in [0.717, 1.165) is 0 Å². The maximum absolute atomic E-state index is 10.6. The van der Waals surface area contributed by atoms with Crippen LogP contribution >= 0.6 is 0 Å². The molecule has 0 fully saturated rings. The van der Waals surface area contributed by atoms with Crippen LogP contribution in [0.2, 0.25) is 0 Å². The molecule has 0 aromatic rings. The number of aliphatic hydroxyl groups excluding tert-OH is 1. The van der Waals surface area contributed by atoms with Crippen LogP contribution in [-0.4, -0.2) is 10.9 Å². The van der Waals surface area contributed by atoms with Gasteiger partial charge in [0.05, 0.1) is 5.57 Å². The van der Waals surface area contributed by atoms with Gasteiger partial charge in [-0.05, 0) is 13.0 Å². The van der Waals surface area contributed by atoms with Crippen molar-refractivity contribution < 1.29 is 9.90 Å². The zero-order chi connectivity index (χ0) is 8.15. The Bertz CT molecular complexity index is 183. The van der Waals surface area contributed by atoms with E-state index in [1.165, 1.54) is 19.1 Å². The zero-order valence-corrected chi connectivity index (χ0v) is 5.92. The first-order valence-electron chi connectivity index (χ1n) is 2.81. The molecule has 0 rings (SSSR count). The summed E-state index contributed by atoms with van der Waals surface area (Å²) in [6.45, 7) is 7.96. The molecule has 0 amide bonds. The Morgan fingerprint density at radius 3 is 2.20 bits per heavy atom. The van der Waals surface area contributed by atoms with Crippen LogP contribution in [0.3, 0.4) is 0 Å². The molecule has 2 nitrogen and oxygen atoms in total. The summed E-state index contributed by atoms with van der Waals surface area (Å²) in [4.78, 5) is 10.6. The van der Waals surface area contributed by atoms with E-state index in [1.807, 2.05) is 0 Å². The highest BCUT2D eigenvalue weighted by molar-refractivity contribution is 5.97. The Kier molecular flexibility index (Phi) is 3.19. The smallest absolute Gasteiger partial charge is 0.163 e. The molecule has 1 N–H and O–H groups in total. The highest BCUT2D eigenvalue weighted by Gasteiger charge is 2.03. The Labute approximate surface area is 60.2 Å². The first-order valence-corrected chi connectivity index (χ1v) is 2.81. The third kappa shape index (κ3) is 2.31. The molecule has 10 heavy (non-hydrogen) atoms. The van der Waals surface area contributed by atoms with Crippen molar-refractivity contribution >= 4 is 5.78 Å². The average molecular weight is 138 g/mol. The third-order valence-corrected chi connectivity index (χ3v) is 0.975. The lowest BCUT2D eigenvalue weighted by Crippen LogP contribution is -1.97. The summed E-state index contributed by atoms with van der Waals surface area (Å²) in [6.07, 6.45) is 2.85. The number of rotatable bonds is 3. The minimum atomic E-state index is -0.215. The van der Waals surface area contributed by atoms with Gasteiger partial charge in [0.25, 0.3) is 0 Å². The van der Waals surface area contributed by atoms with Crippen LogP contribution < -0.4 is 0 Å². The number of allylic oxidation sites excluding steroid dienone is 3. The summed E-state index contributed by atoms with van der Waals surface area (Å²) in [7, 11) is 0. The predicted molar refractivity (Wildman–Crippen MR) is 40.7 cm³/mol. The second-order valence-corrected chi connectivity index (χ2v) is 1.82. The molecule has 0 aromatic carbocycles. The normalized spacial score (nSPS) is 10.7. The second kappa shape index (κ2) is 3.67. The van der Waals surface area contributed by atoms with Crippen LogP contribution in [0, 0.1) is 0 Å². The molecule has 0 bridgehead atoms. The highest BCUT2D eigenvalue weighted by Crippen LogP contribution is 2.04. The molecule has 0 aliphatic heterocycles. The maximum Gasteiger partial charge on any atom is 0.163 e. The molecule has 54 valence electrons. The van der Waals surface area contributed by atoms with E-state index >= 15 is 0 Å². The molecule has 0 saturated carbocycles. The summed E-state index contributed by atoms with van der Waals surface area (Å²) in [5.74, 6) is -0.431. The Hall–Kier alpha value is -1.31.